The Balaban J connectivity index is 2.49. The van der Waals surface area contributed by atoms with Crippen LogP contribution in [-0.2, 0) is 0 Å². The average molecular weight is 182 g/mol. The van der Waals surface area contributed by atoms with Gasteiger partial charge in [0.05, 0.1) is 12.2 Å². The van der Waals surface area contributed by atoms with E-state index >= 15 is 0 Å². The van der Waals surface area contributed by atoms with Crippen LogP contribution in [-0.4, -0.2) is 27.8 Å². The van der Waals surface area contributed by atoms with Gasteiger partial charge in [-0.2, -0.15) is 0 Å². The molecule has 70 valence electrons. The van der Waals surface area contributed by atoms with Crippen molar-refractivity contribution in [3.05, 3.63) is 30.1 Å². The van der Waals surface area contributed by atoms with E-state index in [0.717, 1.165) is 0 Å². The first-order valence-electron chi connectivity index (χ1n) is 3.76. The van der Waals surface area contributed by atoms with Crippen LogP contribution < -0.4 is 5.32 Å². The molecular formula is C8H10N2O3. The molecule has 5 heteroatoms. The van der Waals surface area contributed by atoms with E-state index in [-0.39, 0.29) is 6.54 Å². The lowest BCUT2D eigenvalue weighted by Crippen LogP contribution is -2.26. The van der Waals surface area contributed by atoms with Crippen LogP contribution in [0, 0.1) is 0 Å². The number of nitrogens with one attached hydrogen (secondary N) is 1. The summed E-state index contributed by atoms with van der Waals surface area (Å²) in [6, 6.07) is 5.08. The van der Waals surface area contributed by atoms with Gasteiger partial charge in [-0.05, 0) is 12.1 Å². The van der Waals surface area contributed by atoms with Gasteiger partial charge in [-0.25, -0.2) is 4.79 Å². The van der Waals surface area contributed by atoms with Gasteiger partial charge in [-0.3, -0.25) is 4.98 Å². The number of aromatic nitrogens is 1. The Morgan fingerprint density at radius 3 is 2.92 bits per heavy atom. The first-order valence-corrected chi connectivity index (χ1v) is 3.76. The highest BCUT2D eigenvalue weighted by atomic mass is 16.4. The van der Waals surface area contributed by atoms with Gasteiger partial charge >= 0.3 is 6.09 Å². The summed E-state index contributed by atoms with van der Waals surface area (Å²) in [5.74, 6) is 0. The molecule has 1 heterocycles. The summed E-state index contributed by atoms with van der Waals surface area (Å²) in [6.45, 7) is -0.0493. The van der Waals surface area contributed by atoms with E-state index in [4.69, 9.17) is 5.11 Å². The van der Waals surface area contributed by atoms with E-state index in [0.29, 0.717) is 5.69 Å². The number of aliphatic hydroxyl groups excluding tert-OH is 1. The van der Waals surface area contributed by atoms with Crippen molar-refractivity contribution in [3.63, 3.8) is 0 Å². The van der Waals surface area contributed by atoms with E-state index in [1.165, 1.54) is 0 Å². The molecule has 1 atom stereocenters. The Labute approximate surface area is 75.0 Å². The molecule has 0 spiro atoms. The largest absolute Gasteiger partial charge is 0.465 e. The SMILES string of the molecule is O=C(O)NC[C@H](O)c1ccccn1. The first kappa shape index (κ1) is 9.47. The molecular weight excluding hydrogens is 172 g/mol. The average Bonchev–Trinajstić information content (AvgIpc) is 2.15. The van der Waals surface area contributed by atoms with Gasteiger partial charge in [0.15, 0.2) is 0 Å². The molecule has 0 bridgehead atoms. The second-order valence-electron chi connectivity index (χ2n) is 2.46. The lowest BCUT2D eigenvalue weighted by molar-refractivity contribution is 0.156. The highest BCUT2D eigenvalue weighted by molar-refractivity contribution is 5.64. The fraction of sp³-hybridized carbons (Fsp3) is 0.250. The number of hydrogen-bond donors (Lipinski definition) is 3. The fourth-order valence-electron chi connectivity index (χ4n) is 0.862. The maximum atomic E-state index is 10.1. The molecule has 3 N–H and O–H groups in total. The van der Waals surface area contributed by atoms with Crippen molar-refractivity contribution in [2.75, 3.05) is 6.54 Å². The lowest BCUT2D eigenvalue weighted by Gasteiger charge is -2.08. The number of pyridine rings is 1. The first-order chi connectivity index (χ1) is 6.20. The van der Waals surface area contributed by atoms with Crippen LogP contribution >= 0.6 is 0 Å². The van der Waals surface area contributed by atoms with Crippen LogP contribution in [0.25, 0.3) is 0 Å². The van der Waals surface area contributed by atoms with Gasteiger partial charge in [0.1, 0.15) is 6.10 Å². The third-order valence-electron chi connectivity index (χ3n) is 1.48. The summed E-state index contributed by atoms with van der Waals surface area (Å²) in [7, 11) is 0. The summed E-state index contributed by atoms with van der Waals surface area (Å²) in [4.78, 5) is 14.0. The Morgan fingerprint density at radius 1 is 1.62 bits per heavy atom. The van der Waals surface area contributed by atoms with Gasteiger partial charge in [0, 0.05) is 6.20 Å². The van der Waals surface area contributed by atoms with Crippen molar-refractivity contribution < 1.29 is 15.0 Å². The molecule has 0 saturated heterocycles. The summed E-state index contributed by atoms with van der Waals surface area (Å²) < 4.78 is 0. The van der Waals surface area contributed by atoms with Gasteiger partial charge < -0.3 is 15.5 Å². The zero-order valence-electron chi connectivity index (χ0n) is 6.84. The molecule has 5 nitrogen and oxygen atoms in total. The minimum atomic E-state index is -1.16. The smallest absolute Gasteiger partial charge is 0.404 e. The number of hydrogen-bond acceptors (Lipinski definition) is 3. The molecule has 0 unspecified atom stereocenters. The van der Waals surface area contributed by atoms with Crippen molar-refractivity contribution >= 4 is 6.09 Å². The van der Waals surface area contributed by atoms with Crippen molar-refractivity contribution in [2.45, 2.75) is 6.10 Å². The Bertz CT molecular complexity index is 276. The Kier molecular flexibility index (Phi) is 3.22. The minimum absolute atomic E-state index is 0.0493. The monoisotopic (exact) mass is 182 g/mol. The van der Waals surface area contributed by atoms with Gasteiger partial charge in [0.2, 0.25) is 0 Å². The summed E-state index contributed by atoms with van der Waals surface area (Å²) in [5, 5.41) is 19.7. The molecule has 1 aromatic heterocycles. The van der Waals surface area contributed by atoms with Crippen molar-refractivity contribution in [1.29, 1.82) is 0 Å². The Morgan fingerprint density at radius 2 is 2.38 bits per heavy atom. The molecule has 0 aromatic carbocycles. The number of carboxylic acid groups (broad SMARTS) is 1. The molecule has 1 amide bonds. The Hall–Kier alpha value is -1.62. The second-order valence-corrected chi connectivity index (χ2v) is 2.46. The predicted octanol–water partition coefficient (Wildman–Crippen LogP) is 0.383. The summed E-state index contributed by atoms with van der Waals surface area (Å²) in [5.41, 5.74) is 0.455. The third kappa shape index (κ3) is 3.08. The zero-order chi connectivity index (χ0) is 9.68. The normalized spacial score (nSPS) is 12.1. The molecule has 1 aromatic rings. The van der Waals surface area contributed by atoms with E-state index in [1.54, 1.807) is 24.4 Å². The third-order valence-corrected chi connectivity index (χ3v) is 1.48. The van der Waals surface area contributed by atoms with Crippen LogP contribution in [0.3, 0.4) is 0 Å². The quantitative estimate of drug-likeness (QED) is 0.631. The van der Waals surface area contributed by atoms with Crippen LogP contribution in [0.1, 0.15) is 11.8 Å². The highest BCUT2D eigenvalue weighted by Crippen LogP contribution is 2.06. The van der Waals surface area contributed by atoms with Gasteiger partial charge in [-0.1, -0.05) is 6.07 Å². The number of rotatable bonds is 3. The predicted molar refractivity (Wildman–Crippen MR) is 45.2 cm³/mol. The van der Waals surface area contributed by atoms with Crippen LogP contribution in [0.15, 0.2) is 24.4 Å². The molecule has 0 radical (unpaired) electrons. The summed E-state index contributed by atoms with van der Waals surface area (Å²) >= 11 is 0. The van der Waals surface area contributed by atoms with Crippen LogP contribution in [0.5, 0.6) is 0 Å². The second kappa shape index (κ2) is 4.42. The van der Waals surface area contributed by atoms with Crippen molar-refractivity contribution in [2.24, 2.45) is 0 Å². The molecule has 1 rings (SSSR count). The van der Waals surface area contributed by atoms with E-state index < -0.39 is 12.2 Å². The van der Waals surface area contributed by atoms with Crippen molar-refractivity contribution in [3.8, 4) is 0 Å². The molecule has 0 aliphatic carbocycles. The molecule has 0 aliphatic rings. The van der Waals surface area contributed by atoms with Crippen LogP contribution in [0.2, 0.25) is 0 Å². The van der Waals surface area contributed by atoms with Crippen LogP contribution in [0.4, 0.5) is 4.79 Å². The maximum absolute atomic E-state index is 10.1. The minimum Gasteiger partial charge on any atom is -0.465 e. The standard InChI is InChI=1S/C8H10N2O3/c11-7(5-10-8(12)13)6-3-1-2-4-9-6/h1-4,7,10-11H,5H2,(H,12,13)/t7-/m0/s1. The van der Waals surface area contributed by atoms with Crippen molar-refractivity contribution in [1.82, 2.24) is 10.3 Å². The molecule has 13 heavy (non-hydrogen) atoms. The number of nitrogens with zero attached hydrogens (tertiary/aromatic N) is 1. The number of aliphatic hydroxyl groups is 1. The zero-order valence-corrected chi connectivity index (χ0v) is 6.84. The fourth-order valence-corrected chi connectivity index (χ4v) is 0.862. The maximum Gasteiger partial charge on any atom is 0.404 e. The number of carbonyl (C=O) groups is 1. The lowest BCUT2D eigenvalue weighted by atomic mass is 10.2. The van der Waals surface area contributed by atoms with Gasteiger partial charge in [0.25, 0.3) is 0 Å². The summed E-state index contributed by atoms with van der Waals surface area (Å²) in [6.07, 6.45) is -0.508. The molecule has 0 fully saturated rings. The van der Waals surface area contributed by atoms with Gasteiger partial charge in [-0.15, -0.1) is 0 Å². The van der Waals surface area contributed by atoms with E-state index in [1.807, 2.05) is 0 Å². The molecule has 0 saturated carbocycles. The highest BCUT2D eigenvalue weighted by Gasteiger charge is 2.08. The topological polar surface area (TPSA) is 82.5 Å². The number of amides is 1. The van der Waals surface area contributed by atoms with E-state index in [9.17, 15) is 9.90 Å². The molecule has 0 aliphatic heterocycles. The van der Waals surface area contributed by atoms with E-state index in [2.05, 4.69) is 10.3 Å².